The highest BCUT2D eigenvalue weighted by atomic mass is 15.2. The molecule has 0 saturated heterocycles. The molecule has 0 saturated carbocycles. The maximum atomic E-state index is 4.81. The summed E-state index contributed by atoms with van der Waals surface area (Å²) in [5, 5.41) is 3.48. The van der Waals surface area contributed by atoms with Crippen LogP contribution in [0.15, 0.2) is 24.8 Å². The molecule has 0 radical (unpaired) electrons. The molecule has 1 N–H and O–H groups in total. The van der Waals surface area contributed by atoms with E-state index in [2.05, 4.69) is 56.7 Å². The standard InChI is InChI=1S/C18H31N3/c1-6-8-9-11-21(5)18-13-16(14-19-10-7-2)12-17(20-18)15(3)4/h6,12-13,15,19H,1,7-11,14H2,2-5H3. The van der Waals surface area contributed by atoms with Crippen LogP contribution in [0.2, 0.25) is 0 Å². The Kier molecular flexibility index (Phi) is 8.06. The van der Waals surface area contributed by atoms with Gasteiger partial charge < -0.3 is 10.2 Å². The Morgan fingerprint density at radius 1 is 1.38 bits per heavy atom. The number of rotatable bonds is 10. The van der Waals surface area contributed by atoms with Crippen LogP contribution in [0.3, 0.4) is 0 Å². The zero-order valence-corrected chi connectivity index (χ0v) is 14.2. The van der Waals surface area contributed by atoms with E-state index in [-0.39, 0.29) is 0 Å². The number of aromatic nitrogens is 1. The lowest BCUT2D eigenvalue weighted by Gasteiger charge is -2.21. The molecule has 0 spiro atoms. The first-order valence-corrected chi connectivity index (χ1v) is 8.12. The van der Waals surface area contributed by atoms with Gasteiger partial charge in [-0.2, -0.15) is 0 Å². The van der Waals surface area contributed by atoms with Crippen LogP contribution >= 0.6 is 0 Å². The minimum Gasteiger partial charge on any atom is -0.360 e. The van der Waals surface area contributed by atoms with Gasteiger partial charge in [0.15, 0.2) is 0 Å². The third-order valence-corrected chi connectivity index (χ3v) is 3.53. The zero-order chi connectivity index (χ0) is 15.7. The summed E-state index contributed by atoms with van der Waals surface area (Å²) in [6, 6.07) is 4.44. The van der Waals surface area contributed by atoms with Gasteiger partial charge >= 0.3 is 0 Å². The Bertz CT molecular complexity index is 426. The number of unbranched alkanes of at least 4 members (excludes halogenated alkanes) is 1. The number of pyridine rings is 1. The van der Waals surface area contributed by atoms with Gasteiger partial charge in [0, 0.05) is 25.8 Å². The Hall–Kier alpha value is -1.35. The SMILES string of the molecule is C=CCCCN(C)c1cc(CNCCC)cc(C(C)C)n1. The summed E-state index contributed by atoms with van der Waals surface area (Å²) in [7, 11) is 2.12. The van der Waals surface area contributed by atoms with Crippen LogP contribution < -0.4 is 10.2 Å². The van der Waals surface area contributed by atoms with Gasteiger partial charge in [0.25, 0.3) is 0 Å². The topological polar surface area (TPSA) is 28.2 Å². The zero-order valence-electron chi connectivity index (χ0n) is 14.2. The normalized spacial score (nSPS) is 10.9. The lowest BCUT2D eigenvalue weighted by molar-refractivity contribution is 0.671. The second-order valence-corrected chi connectivity index (χ2v) is 5.94. The van der Waals surface area contributed by atoms with Crippen LogP contribution in [0.25, 0.3) is 0 Å². The van der Waals surface area contributed by atoms with Crippen molar-refractivity contribution in [3.63, 3.8) is 0 Å². The number of nitrogens with one attached hydrogen (secondary N) is 1. The molecule has 0 amide bonds. The highest BCUT2D eigenvalue weighted by molar-refractivity contribution is 5.42. The molecule has 0 aliphatic carbocycles. The largest absolute Gasteiger partial charge is 0.360 e. The van der Waals surface area contributed by atoms with Crippen molar-refractivity contribution in [1.29, 1.82) is 0 Å². The fourth-order valence-corrected chi connectivity index (χ4v) is 2.18. The maximum absolute atomic E-state index is 4.81. The molecule has 0 atom stereocenters. The molecule has 0 fully saturated rings. The molecule has 0 unspecified atom stereocenters. The van der Waals surface area contributed by atoms with Gasteiger partial charge in [0.2, 0.25) is 0 Å². The van der Waals surface area contributed by atoms with Crippen molar-refractivity contribution in [1.82, 2.24) is 10.3 Å². The van der Waals surface area contributed by atoms with Gasteiger partial charge in [0.05, 0.1) is 0 Å². The van der Waals surface area contributed by atoms with Gasteiger partial charge in [-0.25, -0.2) is 4.98 Å². The number of hydrogen-bond donors (Lipinski definition) is 1. The number of hydrogen-bond acceptors (Lipinski definition) is 3. The second-order valence-electron chi connectivity index (χ2n) is 5.94. The van der Waals surface area contributed by atoms with Gasteiger partial charge in [-0.1, -0.05) is 26.8 Å². The van der Waals surface area contributed by atoms with E-state index in [4.69, 9.17) is 4.98 Å². The van der Waals surface area contributed by atoms with E-state index in [9.17, 15) is 0 Å². The van der Waals surface area contributed by atoms with Gasteiger partial charge in [-0.05, 0) is 49.4 Å². The molecule has 0 aliphatic rings. The molecule has 1 aromatic heterocycles. The molecule has 118 valence electrons. The Labute approximate surface area is 130 Å². The lowest BCUT2D eigenvalue weighted by atomic mass is 10.1. The quantitative estimate of drug-likeness (QED) is 0.519. The summed E-state index contributed by atoms with van der Waals surface area (Å²) in [5.41, 5.74) is 2.50. The summed E-state index contributed by atoms with van der Waals surface area (Å²) in [4.78, 5) is 7.06. The van der Waals surface area contributed by atoms with E-state index in [0.717, 1.165) is 44.7 Å². The van der Waals surface area contributed by atoms with Crippen molar-refractivity contribution < 1.29 is 0 Å². The fraction of sp³-hybridized carbons (Fsp3) is 0.611. The van der Waals surface area contributed by atoms with Crippen LogP contribution in [0, 0.1) is 0 Å². The van der Waals surface area contributed by atoms with E-state index >= 15 is 0 Å². The van der Waals surface area contributed by atoms with Gasteiger partial charge in [-0.15, -0.1) is 6.58 Å². The summed E-state index contributed by atoms with van der Waals surface area (Å²) in [6.07, 6.45) is 5.32. The molecule has 1 rings (SSSR count). The summed E-state index contributed by atoms with van der Waals surface area (Å²) in [6.45, 7) is 13.4. The summed E-state index contributed by atoms with van der Waals surface area (Å²) >= 11 is 0. The van der Waals surface area contributed by atoms with Crippen LogP contribution in [0.1, 0.15) is 57.2 Å². The maximum Gasteiger partial charge on any atom is 0.128 e. The molecular weight excluding hydrogens is 258 g/mol. The van der Waals surface area contributed by atoms with Crippen LogP contribution in [-0.4, -0.2) is 25.1 Å². The fourth-order valence-electron chi connectivity index (χ4n) is 2.18. The lowest BCUT2D eigenvalue weighted by Crippen LogP contribution is -2.21. The van der Waals surface area contributed by atoms with E-state index in [1.165, 1.54) is 11.3 Å². The molecule has 21 heavy (non-hydrogen) atoms. The first-order valence-electron chi connectivity index (χ1n) is 8.12. The van der Waals surface area contributed by atoms with Crippen molar-refractivity contribution in [2.24, 2.45) is 0 Å². The van der Waals surface area contributed by atoms with Crippen LogP contribution in [0.4, 0.5) is 5.82 Å². The average molecular weight is 289 g/mol. The van der Waals surface area contributed by atoms with Crippen molar-refractivity contribution in [3.8, 4) is 0 Å². The average Bonchev–Trinajstić information content (AvgIpc) is 2.47. The highest BCUT2D eigenvalue weighted by Gasteiger charge is 2.09. The highest BCUT2D eigenvalue weighted by Crippen LogP contribution is 2.20. The number of allylic oxidation sites excluding steroid dienone is 1. The van der Waals surface area contributed by atoms with Crippen LogP contribution in [0.5, 0.6) is 0 Å². The van der Waals surface area contributed by atoms with E-state index in [1.54, 1.807) is 0 Å². The first-order chi connectivity index (χ1) is 10.1. The Morgan fingerprint density at radius 3 is 2.76 bits per heavy atom. The van der Waals surface area contributed by atoms with Gasteiger partial charge in [0.1, 0.15) is 5.82 Å². The van der Waals surface area contributed by atoms with E-state index in [0.29, 0.717) is 5.92 Å². The van der Waals surface area contributed by atoms with Crippen LogP contribution in [-0.2, 0) is 6.54 Å². The number of nitrogens with zero attached hydrogens (tertiary/aromatic N) is 2. The van der Waals surface area contributed by atoms with Crippen molar-refractivity contribution in [2.75, 3.05) is 25.0 Å². The third kappa shape index (κ3) is 6.30. The molecule has 3 heteroatoms. The van der Waals surface area contributed by atoms with Crippen molar-refractivity contribution >= 4 is 5.82 Å². The molecule has 3 nitrogen and oxygen atoms in total. The summed E-state index contributed by atoms with van der Waals surface area (Å²) < 4.78 is 0. The van der Waals surface area contributed by atoms with Crippen molar-refractivity contribution in [2.45, 2.75) is 52.5 Å². The minimum atomic E-state index is 0.455. The van der Waals surface area contributed by atoms with Crippen molar-refractivity contribution in [3.05, 3.63) is 36.0 Å². The molecule has 1 heterocycles. The monoisotopic (exact) mass is 289 g/mol. The third-order valence-electron chi connectivity index (χ3n) is 3.53. The predicted molar refractivity (Wildman–Crippen MR) is 93.0 cm³/mol. The Morgan fingerprint density at radius 2 is 2.14 bits per heavy atom. The molecule has 0 aromatic carbocycles. The van der Waals surface area contributed by atoms with Gasteiger partial charge in [-0.3, -0.25) is 0 Å². The molecular formula is C18H31N3. The van der Waals surface area contributed by atoms with E-state index < -0.39 is 0 Å². The van der Waals surface area contributed by atoms with E-state index in [1.807, 2.05) is 6.08 Å². The predicted octanol–water partition coefficient (Wildman–Crippen LogP) is 4.11. The molecule has 0 aliphatic heterocycles. The number of anilines is 1. The first kappa shape index (κ1) is 17.7. The second kappa shape index (κ2) is 9.56. The Balaban J connectivity index is 2.82. The molecule has 0 bridgehead atoms. The molecule has 1 aromatic rings. The smallest absolute Gasteiger partial charge is 0.128 e. The summed E-state index contributed by atoms with van der Waals surface area (Å²) in [5.74, 6) is 1.54. The minimum absolute atomic E-state index is 0.455.